The van der Waals surface area contributed by atoms with Crippen LogP contribution >= 0.6 is 15.9 Å². The molecule has 0 unspecified atom stereocenters. The van der Waals surface area contributed by atoms with Gasteiger partial charge in [0, 0.05) is 16.4 Å². The molecule has 0 saturated heterocycles. The van der Waals surface area contributed by atoms with Gasteiger partial charge in [0.25, 0.3) is 5.91 Å². The fraction of sp³-hybridized carbons (Fsp3) is 0.105. The first-order valence-electron chi connectivity index (χ1n) is 7.75. The quantitative estimate of drug-likeness (QED) is 0.661. The normalized spacial score (nSPS) is 10.4. The molecular formula is C19H17BrN4O. The maximum absolute atomic E-state index is 12.4. The Morgan fingerprint density at radius 2 is 1.84 bits per heavy atom. The van der Waals surface area contributed by atoms with Gasteiger partial charge < -0.3 is 10.6 Å². The molecule has 1 heterocycles. The maximum Gasteiger partial charge on any atom is 0.274 e. The second-order valence-corrected chi connectivity index (χ2v) is 6.55. The summed E-state index contributed by atoms with van der Waals surface area (Å²) in [5.41, 5.74) is 4.08. The van der Waals surface area contributed by atoms with E-state index in [2.05, 4.69) is 36.5 Å². The Hall–Kier alpha value is -2.73. The summed E-state index contributed by atoms with van der Waals surface area (Å²) in [5, 5.41) is 5.96. The van der Waals surface area contributed by atoms with Gasteiger partial charge in [-0.2, -0.15) is 0 Å². The number of carbonyl (C=O) groups excluding carboxylic acids is 1. The number of rotatable bonds is 4. The lowest BCUT2D eigenvalue weighted by molar-refractivity contribution is 0.102. The van der Waals surface area contributed by atoms with Gasteiger partial charge in [0.2, 0.25) is 5.95 Å². The molecule has 0 atom stereocenters. The second-order valence-electron chi connectivity index (χ2n) is 5.70. The first-order chi connectivity index (χ1) is 12.0. The number of benzene rings is 2. The number of carbonyl (C=O) groups is 1. The highest BCUT2D eigenvalue weighted by Crippen LogP contribution is 2.25. The molecule has 0 aliphatic carbocycles. The molecule has 2 N–H and O–H groups in total. The lowest BCUT2D eigenvalue weighted by Gasteiger charge is -2.09. The van der Waals surface area contributed by atoms with E-state index >= 15 is 0 Å². The van der Waals surface area contributed by atoms with Crippen LogP contribution in [-0.4, -0.2) is 15.9 Å². The molecule has 25 heavy (non-hydrogen) atoms. The Bertz CT molecular complexity index is 927. The maximum atomic E-state index is 12.4. The van der Waals surface area contributed by atoms with Crippen molar-refractivity contribution in [2.75, 3.05) is 10.6 Å². The third-order valence-corrected chi connectivity index (χ3v) is 4.19. The van der Waals surface area contributed by atoms with Gasteiger partial charge >= 0.3 is 0 Å². The topological polar surface area (TPSA) is 66.9 Å². The Labute approximate surface area is 154 Å². The summed E-state index contributed by atoms with van der Waals surface area (Å²) < 4.78 is 0.908. The number of hydrogen-bond acceptors (Lipinski definition) is 4. The number of amides is 1. The molecule has 0 radical (unpaired) electrons. The van der Waals surface area contributed by atoms with E-state index in [9.17, 15) is 4.79 Å². The molecule has 3 rings (SSSR count). The van der Waals surface area contributed by atoms with Gasteiger partial charge in [-0.1, -0.05) is 18.2 Å². The van der Waals surface area contributed by atoms with E-state index in [1.807, 2.05) is 56.3 Å². The largest absolute Gasteiger partial charge is 0.323 e. The third-order valence-electron chi connectivity index (χ3n) is 3.54. The van der Waals surface area contributed by atoms with E-state index in [0.717, 1.165) is 27.0 Å². The monoisotopic (exact) mass is 396 g/mol. The number of anilines is 3. The zero-order chi connectivity index (χ0) is 17.8. The average Bonchev–Trinajstić information content (AvgIpc) is 2.58. The zero-order valence-electron chi connectivity index (χ0n) is 13.9. The highest BCUT2D eigenvalue weighted by Gasteiger charge is 2.10. The molecule has 0 aliphatic heterocycles. The van der Waals surface area contributed by atoms with Gasteiger partial charge in [0.05, 0.1) is 5.69 Å². The predicted octanol–water partition coefficient (Wildman–Crippen LogP) is 4.85. The summed E-state index contributed by atoms with van der Waals surface area (Å²) in [6.45, 7) is 3.99. The summed E-state index contributed by atoms with van der Waals surface area (Å²) in [6, 6.07) is 15.1. The number of halogens is 1. The number of hydrogen-bond donors (Lipinski definition) is 2. The molecule has 3 aromatic rings. The van der Waals surface area contributed by atoms with Crippen molar-refractivity contribution in [2.24, 2.45) is 0 Å². The van der Waals surface area contributed by atoms with Crippen LogP contribution in [0, 0.1) is 13.8 Å². The van der Waals surface area contributed by atoms with Crippen molar-refractivity contribution in [1.29, 1.82) is 0 Å². The fourth-order valence-corrected chi connectivity index (χ4v) is 2.90. The number of aryl methyl sites for hydroxylation is 2. The predicted molar refractivity (Wildman–Crippen MR) is 103 cm³/mol. The van der Waals surface area contributed by atoms with Crippen LogP contribution in [0.25, 0.3) is 0 Å². The number of nitrogens with zero attached hydrogens (tertiary/aromatic N) is 2. The van der Waals surface area contributed by atoms with Gasteiger partial charge in [0.1, 0.15) is 5.69 Å². The number of aromatic nitrogens is 2. The van der Waals surface area contributed by atoms with Crippen molar-refractivity contribution in [2.45, 2.75) is 13.8 Å². The molecule has 5 nitrogen and oxygen atoms in total. The lowest BCUT2D eigenvalue weighted by atomic mass is 10.2. The van der Waals surface area contributed by atoms with Crippen LogP contribution in [-0.2, 0) is 0 Å². The van der Waals surface area contributed by atoms with Gasteiger partial charge in [-0.25, -0.2) is 9.97 Å². The van der Waals surface area contributed by atoms with Gasteiger partial charge in [0.15, 0.2) is 0 Å². The minimum absolute atomic E-state index is 0.279. The van der Waals surface area contributed by atoms with Crippen molar-refractivity contribution in [3.05, 3.63) is 76.0 Å². The van der Waals surface area contributed by atoms with E-state index in [4.69, 9.17) is 0 Å². The Kier molecular flexibility index (Phi) is 5.09. The SMILES string of the molecule is Cc1cccc(NC(=O)c2ccnc(Nc3ccc(C)cc3Br)n2)c1. The summed E-state index contributed by atoms with van der Waals surface area (Å²) in [6.07, 6.45) is 1.56. The van der Waals surface area contributed by atoms with Crippen molar-refractivity contribution >= 4 is 39.2 Å². The molecule has 6 heteroatoms. The fourth-order valence-electron chi connectivity index (χ4n) is 2.31. The molecular weight excluding hydrogens is 380 g/mol. The Morgan fingerprint density at radius 1 is 1.04 bits per heavy atom. The molecule has 0 fully saturated rings. The average molecular weight is 397 g/mol. The molecule has 0 bridgehead atoms. The van der Waals surface area contributed by atoms with E-state index in [-0.39, 0.29) is 5.91 Å². The van der Waals surface area contributed by atoms with Crippen molar-refractivity contribution in [3.63, 3.8) is 0 Å². The van der Waals surface area contributed by atoms with Crippen LogP contribution in [0.3, 0.4) is 0 Å². The first kappa shape index (κ1) is 17.1. The first-order valence-corrected chi connectivity index (χ1v) is 8.55. The highest BCUT2D eigenvalue weighted by atomic mass is 79.9. The van der Waals surface area contributed by atoms with E-state index in [1.54, 1.807) is 12.3 Å². The standard InChI is InChI=1S/C19H17BrN4O/c1-12-4-3-5-14(10-12)22-18(25)17-8-9-21-19(24-17)23-16-7-6-13(2)11-15(16)20/h3-11H,1-2H3,(H,22,25)(H,21,23,24). The van der Waals surface area contributed by atoms with E-state index < -0.39 is 0 Å². The van der Waals surface area contributed by atoms with E-state index in [0.29, 0.717) is 11.6 Å². The molecule has 0 aliphatic rings. The van der Waals surface area contributed by atoms with Crippen molar-refractivity contribution in [3.8, 4) is 0 Å². The molecule has 0 spiro atoms. The lowest BCUT2D eigenvalue weighted by Crippen LogP contribution is -2.14. The van der Waals surface area contributed by atoms with Crippen LogP contribution in [0.15, 0.2) is 59.2 Å². The number of nitrogens with one attached hydrogen (secondary N) is 2. The van der Waals surface area contributed by atoms with Gasteiger partial charge in [-0.05, 0) is 71.2 Å². The van der Waals surface area contributed by atoms with Crippen LogP contribution < -0.4 is 10.6 Å². The minimum Gasteiger partial charge on any atom is -0.323 e. The molecule has 2 aromatic carbocycles. The second kappa shape index (κ2) is 7.44. The minimum atomic E-state index is -0.279. The van der Waals surface area contributed by atoms with Crippen LogP contribution in [0.4, 0.5) is 17.3 Å². The molecule has 1 amide bonds. The highest BCUT2D eigenvalue weighted by molar-refractivity contribution is 9.10. The van der Waals surface area contributed by atoms with Crippen molar-refractivity contribution in [1.82, 2.24) is 9.97 Å². The summed E-state index contributed by atoms with van der Waals surface area (Å²) in [7, 11) is 0. The third kappa shape index (κ3) is 4.42. The van der Waals surface area contributed by atoms with Crippen molar-refractivity contribution < 1.29 is 4.79 Å². The van der Waals surface area contributed by atoms with E-state index in [1.165, 1.54) is 0 Å². The summed E-state index contributed by atoms with van der Waals surface area (Å²) in [4.78, 5) is 20.9. The van der Waals surface area contributed by atoms with Crippen LogP contribution in [0.5, 0.6) is 0 Å². The zero-order valence-corrected chi connectivity index (χ0v) is 15.5. The smallest absolute Gasteiger partial charge is 0.274 e. The Morgan fingerprint density at radius 3 is 2.60 bits per heavy atom. The van der Waals surface area contributed by atoms with Crippen LogP contribution in [0.2, 0.25) is 0 Å². The van der Waals surface area contributed by atoms with Gasteiger partial charge in [-0.15, -0.1) is 0 Å². The molecule has 126 valence electrons. The Balaban J connectivity index is 1.77. The van der Waals surface area contributed by atoms with Crippen LogP contribution in [0.1, 0.15) is 21.6 Å². The summed E-state index contributed by atoms with van der Waals surface area (Å²) in [5.74, 6) is 0.0838. The summed E-state index contributed by atoms with van der Waals surface area (Å²) >= 11 is 3.51. The molecule has 1 aromatic heterocycles. The van der Waals surface area contributed by atoms with Gasteiger partial charge in [-0.3, -0.25) is 4.79 Å². The molecule has 0 saturated carbocycles.